The Bertz CT molecular complexity index is 1010. The third kappa shape index (κ3) is 7.60. The van der Waals surface area contributed by atoms with Crippen LogP contribution in [0, 0.1) is 0 Å². The maximum atomic E-state index is 12.3. The Hall–Kier alpha value is -4.14. The molecular weight excluding hydrogens is 420 g/mol. The Morgan fingerprint density at radius 2 is 1.53 bits per heavy atom. The second kappa shape index (κ2) is 13.2. The summed E-state index contributed by atoms with van der Waals surface area (Å²) in [7, 11) is 0. The largest absolute Gasteiger partial charge is 0.871 e. The number of benzene rings is 2. The fourth-order valence-electron chi connectivity index (χ4n) is 2.36. The van der Waals surface area contributed by atoms with Crippen molar-refractivity contribution >= 4 is 34.6 Å². The Balaban J connectivity index is 0.000000547. The van der Waals surface area contributed by atoms with E-state index in [9.17, 15) is 29.4 Å². The lowest BCUT2D eigenvalue weighted by atomic mass is 9.99. The SMILES string of the molecule is C=CC(=O)OCCC.C=CC(=O)OCCOC(=O)c1cc2ccccc2c([O-])c1C(=O)O. The average Bonchev–Trinajstić information content (AvgIpc) is 2.79. The monoisotopic (exact) mass is 443 g/mol. The number of carboxylic acid groups (broad SMARTS) is 1. The van der Waals surface area contributed by atoms with Crippen LogP contribution >= 0.6 is 0 Å². The summed E-state index contributed by atoms with van der Waals surface area (Å²) in [6.07, 6.45) is 2.98. The Morgan fingerprint density at radius 1 is 0.969 bits per heavy atom. The van der Waals surface area contributed by atoms with Gasteiger partial charge in [0.1, 0.15) is 13.2 Å². The van der Waals surface area contributed by atoms with Crippen molar-refractivity contribution in [3.8, 4) is 5.75 Å². The molecule has 0 spiro atoms. The van der Waals surface area contributed by atoms with E-state index in [1.54, 1.807) is 18.2 Å². The van der Waals surface area contributed by atoms with E-state index < -0.39 is 29.2 Å². The van der Waals surface area contributed by atoms with E-state index in [-0.39, 0.29) is 30.1 Å². The maximum absolute atomic E-state index is 12.3. The summed E-state index contributed by atoms with van der Waals surface area (Å²) in [6, 6.07) is 7.62. The topological polar surface area (TPSA) is 139 Å². The van der Waals surface area contributed by atoms with Crippen LogP contribution in [0.5, 0.6) is 5.75 Å². The number of carboxylic acids is 1. The van der Waals surface area contributed by atoms with Gasteiger partial charge in [-0.3, -0.25) is 0 Å². The molecular formula is C23H23O9-. The van der Waals surface area contributed by atoms with Crippen molar-refractivity contribution in [2.45, 2.75) is 13.3 Å². The average molecular weight is 443 g/mol. The molecule has 0 fully saturated rings. The first kappa shape index (κ1) is 25.9. The number of hydrogen-bond acceptors (Lipinski definition) is 8. The molecule has 0 radical (unpaired) electrons. The first-order valence-corrected chi connectivity index (χ1v) is 9.48. The molecule has 0 saturated heterocycles. The molecule has 2 rings (SSSR count). The zero-order valence-electron chi connectivity index (χ0n) is 17.5. The molecule has 0 bridgehead atoms. The summed E-state index contributed by atoms with van der Waals surface area (Å²) in [5.41, 5.74) is -0.997. The van der Waals surface area contributed by atoms with Crippen LogP contribution in [0.15, 0.2) is 55.6 Å². The van der Waals surface area contributed by atoms with E-state index in [1.165, 1.54) is 12.1 Å². The van der Waals surface area contributed by atoms with E-state index in [1.807, 2.05) is 6.92 Å². The van der Waals surface area contributed by atoms with E-state index in [0.29, 0.717) is 12.0 Å². The third-order valence-corrected chi connectivity index (χ3v) is 3.78. The Kier molecular flexibility index (Phi) is 10.7. The highest BCUT2D eigenvalue weighted by Crippen LogP contribution is 2.30. The predicted octanol–water partition coefficient (Wildman–Crippen LogP) is 2.62. The van der Waals surface area contributed by atoms with Gasteiger partial charge in [-0.25, -0.2) is 19.2 Å². The highest BCUT2D eigenvalue weighted by atomic mass is 16.6. The molecule has 2 aromatic carbocycles. The molecule has 1 N–H and O–H groups in total. The van der Waals surface area contributed by atoms with Gasteiger partial charge in [0, 0.05) is 12.2 Å². The number of carbonyl (C=O) groups is 4. The van der Waals surface area contributed by atoms with Gasteiger partial charge in [0.15, 0.2) is 0 Å². The molecule has 0 saturated carbocycles. The van der Waals surface area contributed by atoms with E-state index >= 15 is 0 Å². The van der Waals surface area contributed by atoms with Crippen molar-refractivity contribution < 1.29 is 43.6 Å². The van der Waals surface area contributed by atoms with Crippen LogP contribution in [0.3, 0.4) is 0 Å². The van der Waals surface area contributed by atoms with Gasteiger partial charge in [-0.2, -0.15) is 0 Å². The quantitative estimate of drug-likeness (QED) is 0.268. The number of esters is 3. The van der Waals surface area contributed by atoms with Gasteiger partial charge in [-0.05, 0) is 23.3 Å². The van der Waals surface area contributed by atoms with Crippen molar-refractivity contribution in [3.05, 3.63) is 66.8 Å². The van der Waals surface area contributed by atoms with Crippen LogP contribution in [0.1, 0.15) is 34.1 Å². The smallest absolute Gasteiger partial charge is 0.339 e. The zero-order chi connectivity index (χ0) is 24.1. The third-order valence-electron chi connectivity index (χ3n) is 3.78. The van der Waals surface area contributed by atoms with Gasteiger partial charge in [0.2, 0.25) is 0 Å². The summed E-state index contributed by atoms with van der Waals surface area (Å²) < 4.78 is 14.1. The van der Waals surface area contributed by atoms with Crippen LogP contribution in [0.25, 0.3) is 10.8 Å². The normalized spacial score (nSPS) is 9.66. The first-order valence-electron chi connectivity index (χ1n) is 9.48. The fraction of sp³-hybridized carbons (Fsp3) is 0.217. The molecule has 0 aliphatic heterocycles. The minimum Gasteiger partial charge on any atom is -0.871 e. The summed E-state index contributed by atoms with van der Waals surface area (Å²) in [5, 5.41) is 22.2. The molecule has 0 unspecified atom stereocenters. The van der Waals surface area contributed by atoms with Crippen molar-refractivity contribution in [1.82, 2.24) is 0 Å². The van der Waals surface area contributed by atoms with Gasteiger partial charge in [0.25, 0.3) is 0 Å². The second-order valence-electron chi connectivity index (χ2n) is 6.03. The molecule has 32 heavy (non-hydrogen) atoms. The standard InChI is InChI=1S/C17H14O7.C6H10O2/c1-2-13(18)23-7-8-24-17(22)12-9-10-5-3-4-6-11(10)15(19)14(12)16(20)21;1-3-5-8-6(7)4-2/h2-6,9,19H,1,7-8H2,(H,20,21);4H,2-3,5H2,1H3/p-1. The zero-order valence-corrected chi connectivity index (χ0v) is 17.5. The lowest BCUT2D eigenvalue weighted by Gasteiger charge is -2.17. The molecule has 9 nitrogen and oxygen atoms in total. The molecule has 0 atom stereocenters. The number of fused-ring (bicyclic) bond motifs is 1. The van der Waals surface area contributed by atoms with Gasteiger partial charge < -0.3 is 24.4 Å². The van der Waals surface area contributed by atoms with E-state index in [2.05, 4.69) is 22.6 Å². The van der Waals surface area contributed by atoms with Crippen molar-refractivity contribution in [1.29, 1.82) is 0 Å². The van der Waals surface area contributed by atoms with Crippen molar-refractivity contribution in [2.75, 3.05) is 19.8 Å². The lowest BCUT2D eigenvalue weighted by molar-refractivity contribution is -0.266. The first-order chi connectivity index (χ1) is 15.3. The number of hydrogen-bond donors (Lipinski definition) is 1. The van der Waals surface area contributed by atoms with Crippen LogP contribution < -0.4 is 5.11 Å². The Morgan fingerprint density at radius 3 is 2.09 bits per heavy atom. The van der Waals surface area contributed by atoms with E-state index in [4.69, 9.17) is 4.74 Å². The molecule has 0 aromatic heterocycles. The molecule has 0 heterocycles. The van der Waals surface area contributed by atoms with Crippen LogP contribution in [-0.4, -0.2) is 48.8 Å². The highest BCUT2D eigenvalue weighted by Gasteiger charge is 2.20. The molecule has 0 aliphatic rings. The number of rotatable bonds is 9. The molecule has 170 valence electrons. The number of carbonyl (C=O) groups excluding carboxylic acids is 3. The maximum Gasteiger partial charge on any atom is 0.339 e. The minimum atomic E-state index is -1.52. The van der Waals surface area contributed by atoms with Gasteiger partial charge in [-0.1, -0.05) is 50.1 Å². The fourth-order valence-corrected chi connectivity index (χ4v) is 2.36. The summed E-state index contributed by atoms with van der Waals surface area (Å²) in [4.78, 5) is 44.5. The molecule has 9 heteroatoms. The Labute approximate surface area is 184 Å². The molecule has 0 aliphatic carbocycles. The number of ether oxygens (including phenoxy) is 3. The van der Waals surface area contributed by atoms with Crippen LogP contribution in [0.2, 0.25) is 0 Å². The minimum absolute atomic E-state index is 0.200. The summed E-state index contributed by atoms with van der Waals surface area (Å²) in [5.74, 6) is -4.27. The molecule has 0 amide bonds. The van der Waals surface area contributed by atoms with Gasteiger partial charge in [0.05, 0.1) is 17.7 Å². The van der Waals surface area contributed by atoms with Crippen LogP contribution in [0.4, 0.5) is 0 Å². The molecule has 2 aromatic rings. The van der Waals surface area contributed by atoms with Crippen molar-refractivity contribution in [3.63, 3.8) is 0 Å². The number of aromatic carboxylic acids is 1. The predicted molar refractivity (Wildman–Crippen MR) is 113 cm³/mol. The lowest BCUT2D eigenvalue weighted by Crippen LogP contribution is -2.17. The van der Waals surface area contributed by atoms with Crippen molar-refractivity contribution in [2.24, 2.45) is 0 Å². The van der Waals surface area contributed by atoms with Crippen LogP contribution in [-0.2, 0) is 23.8 Å². The highest BCUT2D eigenvalue weighted by molar-refractivity contribution is 6.10. The van der Waals surface area contributed by atoms with E-state index in [0.717, 1.165) is 18.6 Å². The van der Waals surface area contributed by atoms with Gasteiger partial charge in [-0.15, -0.1) is 0 Å². The summed E-state index contributed by atoms with van der Waals surface area (Å²) >= 11 is 0. The second-order valence-corrected chi connectivity index (χ2v) is 6.03. The summed E-state index contributed by atoms with van der Waals surface area (Å²) in [6.45, 7) is 8.39. The van der Waals surface area contributed by atoms with Gasteiger partial charge >= 0.3 is 23.9 Å².